The molecular formula is C10H13N4O4S. The van der Waals surface area contributed by atoms with Crippen molar-refractivity contribution in [1.29, 1.82) is 0 Å². The highest BCUT2D eigenvalue weighted by Gasteiger charge is 2.32. The summed E-state index contributed by atoms with van der Waals surface area (Å²) in [6.07, 6.45) is 0. The molecule has 0 unspecified atom stereocenters. The van der Waals surface area contributed by atoms with E-state index in [9.17, 15) is 9.59 Å². The number of carbonyl (C=O) groups is 2. The van der Waals surface area contributed by atoms with Gasteiger partial charge in [0, 0.05) is 5.38 Å². The zero-order chi connectivity index (χ0) is 14.6. The van der Waals surface area contributed by atoms with E-state index in [2.05, 4.69) is 14.9 Å². The lowest BCUT2D eigenvalue weighted by atomic mass is 10.1. The largest absolute Gasteiger partial charge is 0.466 e. The summed E-state index contributed by atoms with van der Waals surface area (Å²) in [6, 6.07) is 0. The van der Waals surface area contributed by atoms with E-state index in [0.717, 1.165) is 11.3 Å². The molecule has 0 saturated carbocycles. The highest BCUT2D eigenvalue weighted by molar-refractivity contribution is 7.13. The maximum absolute atomic E-state index is 11.4. The fraction of sp³-hybridized carbons (Fsp3) is 0.400. The number of hydrogen-bond donors (Lipinski definition) is 1. The zero-order valence-electron chi connectivity index (χ0n) is 10.6. The van der Waals surface area contributed by atoms with Crippen LogP contribution in [0.3, 0.4) is 0 Å². The number of nitrogens with zero attached hydrogens (tertiary/aromatic N) is 2. The molecule has 0 bridgehead atoms. The van der Waals surface area contributed by atoms with Crippen LogP contribution in [0.2, 0.25) is 0 Å². The Balaban J connectivity index is 2.98. The van der Waals surface area contributed by atoms with E-state index in [0.29, 0.717) is 0 Å². The number of carbonyl (C=O) groups excluding carboxylic acids is 2. The minimum atomic E-state index is -1.38. The average Bonchev–Trinajstić information content (AvgIpc) is 2.74. The molecular weight excluding hydrogens is 272 g/mol. The molecule has 1 amide bonds. The monoisotopic (exact) mass is 285 g/mol. The fourth-order valence-electron chi connectivity index (χ4n) is 1.04. The van der Waals surface area contributed by atoms with Gasteiger partial charge < -0.3 is 15.3 Å². The number of amides is 1. The molecule has 0 aliphatic heterocycles. The van der Waals surface area contributed by atoms with E-state index in [4.69, 9.17) is 16.3 Å². The number of nitrogens with two attached hydrogens (primary N) is 1. The molecule has 9 heteroatoms. The van der Waals surface area contributed by atoms with Gasteiger partial charge in [-0.3, -0.25) is 10.5 Å². The van der Waals surface area contributed by atoms with Crippen molar-refractivity contribution in [3.05, 3.63) is 11.1 Å². The van der Waals surface area contributed by atoms with Gasteiger partial charge in [-0.25, -0.2) is 9.78 Å². The summed E-state index contributed by atoms with van der Waals surface area (Å²) < 4.78 is 4.52. The number of aromatic nitrogens is 1. The van der Waals surface area contributed by atoms with Gasteiger partial charge in [0.25, 0.3) is 5.91 Å². The van der Waals surface area contributed by atoms with Crippen molar-refractivity contribution in [2.75, 3.05) is 12.8 Å². The first-order valence-corrected chi connectivity index (χ1v) is 5.97. The van der Waals surface area contributed by atoms with Gasteiger partial charge in [0.05, 0.1) is 7.11 Å². The van der Waals surface area contributed by atoms with E-state index < -0.39 is 17.5 Å². The predicted molar refractivity (Wildman–Crippen MR) is 68.3 cm³/mol. The first kappa shape index (κ1) is 14.9. The third-order valence-electron chi connectivity index (χ3n) is 2.02. The first-order chi connectivity index (χ1) is 8.77. The number of rotatable bonds is 5. The molecule has 1 rings (SSSR count). The molecule has 103 valence electrons. The van der Waals surface area contributed by atoms with E-state index in [-0.39, 0.29) is 16.5 Å². The third-order valence-corrected chi connectivity index (χ3v) is 2.70. The second kappa shape index (κ2) is 5.65. The van der Waals surface area contributed by atoms with E-state index in [1.165, 1.54) is 26.3 Å². The van der Waals surface area contributed by atoms with Crippen LogP contribution in [0.5, 0.6) is 0 Å². The average molecular weight is 285 g/mol. The van der Waals surface area contributed by atoms with E-state index >= 15 is 0 Å². The molecule has 1 aromatic heterocycles. The van der Waals surface area contributed by atoms with Gasteiger partial charge in [0.2, 0.25) is 5.60 Å². The summed E-state index contributed by atoms with van der Waals surface area (Å²) in [5.74, 6) is -1.75. The lowest BCUT2D eigenvalue weighted by Gasteiger charge is -2.18. The summed E-state index contributed by atoms with van der Waals surface area (Å²) in [5, 5.41) is 5.21. The molecule has 3 N–H and O–H groups in total. The van der Waals surface area contributed by atoms with Gasteiger partial charge in [-0.1, -0.05) is 5.16 Å². The maximum atomic E-state index is 11.4. The number of ether oxygens (including phenoxy) is 1. The molecule has 19 heavy (non-hydrogen) atoms. The molecule has 0 spiro atoms. The number of thiazole rings is 1. The van der Waals surface area contributed by atoms with Gasteiger partial charge >= 0.3 is 5.97 Å². The van der Waals surface area contributed by atoms with Gasteiger partial charge in [-0.05, 0) is 13.8 Å². The zero-order valence-corrected chi connectivity index (χ0v) is 11.4. The topological polar surface area (TPSA) is 128 Å². The van der Waals surface area contributed by atoms with Crippen molar-refractivity contribution >= 4 is 34.1 Å². The minimum absolute atomic E-state index is 0.128. The number of esters is 1. The Hall–Kier alpha value is -2.16. The van der Waals surface area contributed by atoms with Crippen molar-refractivity contribution in [3.63, 3.8) is 0 Å². The molecule has 0 aliphatic carbocycles. The molecule has 1 heterocycles. The second-order valence-electron chi connectivity index (χ2n) is 3.93. The van der Waals surface area contributed by atoms with Gasteiger partial charge in [0.15, 0.2) is 10.8 Å². The van der Waals surface area contributed by atoms with Crippen LogP contribution >= 0.6 is 11.3 Å². The number of anilines is 1. The number of nitrogens with one attached hydrogen (secondary N) is 1. The molecule has 0 aliphatic rings. The molecule has 1 radical (unpaired) electrons. The molecule has 0 saturated heterocycles. The highest BCUT2D eigenvalue weighted by Crippen LogP contribution is 2.15. The van der Waals surface area contributed by atoms with Crippen LogP contribution in [0.15, 0.2) is 10.5 Å². The summed E-state index contributed by atoms with van der Waals surface area (Å²) in [6.45, 7) is 2.84. The predicted octanol–water partition coefficient (Wildman–Crippen LogP) is 0.207. The van der Waals surface area contributed by atoms with E-state index in [1.807, 2.05) is 0 Å². The molecule has 0 aromatic carbocycles. The normalized spacial score (nSPS) is 12.1. The van der Waals surface area contributed by atoms with E-state index in [1.54, 1.807) is 0 Å². The van der Waals surface area contributed by atoms with Crippen molar-refractivity contribution in [2.24, 2.45) is 5.16 Å². The molecule has 8 nitrogen and oxygen atoms in total. The Bertz CT molecular complexity index is 523. The minimum Gasteiger partial charge on any atom is -0.466 e. The Morgan fingerprint density at radius 2 is 2.16 bits per heavy atom. The van der Waals surface area contributed by atoms with Gasteiger partial charge in [0.1, 0.15) is 5.69 Å². The van der Waals surface area contributed by atoms with Crippen molar-refractivity contribution in [1.82, 2.24) is 10.7 Å². The fourth-order valence-corrected chi connectivity index (χ4v) is 1.59. The quantitative estimate of drug-likeness (QED) is 0.468. The Labute approximate surface area is 113 Å². The van der Waals surface area contributed by atoms with Crippen LogP contribution in [0, 0.1) is 0 Å². The first-order valence-electron chi connectivity index (χ1n) is 5.10. The second-order valence-corrected chi connectivity index (χ2v) is 4.82. The molecule has 0 atom stereocenters. The maximum Gasteiger partial charge on any atom is 0.352 e. The Morgan fingerprint density at radius 1 is 1.53 bits per heavy atom. The van der Waals surface area contributed by atoms with Gasteiger partial charge in [-0.15, -0.1) is 11.3 Å². The van der Waals surface area contributed by atoms with Crippen molar-refractivity contribution < 1.29 is 19.2 Å². The molecule has 0 fully saturated rings. The Kier molecular flexibility index (Phi) is 4.43. The van der Waals surface area contributed by atoms with Crippen molar-refractivity contribution in [3.8, 4) is 0 Å². The van der Waals surface area contributed by atoms with Crippen molar-refractivity contribution in [2.45, 2.75) is 19.4 Å². The molecule has 1 aromatic rings. The van der Waals surface area contributed by atoms with Crippen LogP contribution < -0.4 is 11.5 Å². The lowest BCUT2D eigenvalue weighted by Crippen LogP contribution is -2.35. The van der Waals surface area contributed by atoms with Crippen LogP contribution in [0.1, 0.15) is 19.5 Å². The van der Waals surface area contributed by atoms with Crippen LogP contribution in [0.25, 0.3) is 0 Å². The van der Waals surface area contributed by atoms with Crippen LogP contribution in [-0.4, -0.2) is 35.3 Å². The van der Waals surface area contributed by atoms with Crippen LogP contribution in [0.4, 0.5) is 5.13 Å². The number of methoxy groups -OCH3 is 1. The summed E-state index contributed by atoms with van der Waals surface area (Å²) in [4.78, 5) is 31.3. The smallest absolute Gasteiger partial charge is 0.352 e. The summed E-state index contributed by atoms with van der Waals surface area (Å²) in [5.41, 5.74) is 11.0. The standard InChI is InChI=1S/C10H13N4O4S/c1-10(2,8(16)17-3)18-14-6(7(11)15)5-4-19-9(12)13-5/h4,11H,1-3H3,(H2,12,13)/b14-6-. The Morgan fingerprint density at radius 3 is 2.58 bits per heavy atom. The number of oxime groups is 1. The van der Waals surface area contributed by atoms with Crippen LogP contribution in [-0.2, 0) is 19.2 Å². The SMILES string of the molecule is COC(=O)C(C)(C)O/N=C(\C([NH])=O)c1csc(N)n1. The number of hydrogen-bond acceptors (Lipinski definition) is 8. The summed E-state index contributed by atoms with van der Waals surface area (Å²) in [7, 11) is 1.20. The van der Waals surface area contributed by atoms with Gasteiger partial charge in [-0.2, -0.15) is 0 Å². The number of nitrogen functional groups attached to an aromatic ring is 1. The lowest BCUT2D eigenvalue weighted by molar-refractivity contribution is -0.165. The third kappa shape index (κ3) is 3.65. The summed E-state index contributed by atoms with van der Waals surface area (Å²) >= 11 is 1.10. The highest BCUT2D eigenvalue weighted by atomic mass is 32.1.